The van der Waals surface area contributed by atoms with E-state index >= 15 is 0 Å². The van der Waals surface area contributed by atoms with Crippen molar-refractivity contribution in [2.45, 2.75) is 25.8 Å². The van der Waals surface area contributed by atoms with E-state index in [9.17, 15) is 4.39 Å². The fourth-order valence-corrected chi connectivity index (χ4v) is 2.17. The third-order valence-corrected chi connectivity index (χ3v) is 3.26. The number of hydrazine groups is 1. The van der Waals surface area contributed by atoms with Gasteiger partial charge in [0.15, 0.2) is 0 Å². The van der Waals surface area contributed by atoms with E-state index in [0.29, 0.717) is 0 Å². The Bertz CT molecular complexity index is 528. The second-order valence-electron chi connectivity index (χ2n) is 4.62. The topological polar surface area (TPSA) is 50.9 Å². The van der Waals surface area contributed by atoms with E-state index in [4.69, 9.17) is 5.84 Å². The first kappa shape index (κ1) is 13.6. The maximum absolute atomic E-state index is 13.3. The molecule has 19 heavy (non-hydrogen) atoms. The minimum absolute atomic E-state index is 0.0593. The summed E-state index contributed by atoms with van der Waals surface area (Å²) in [5.41, 5.74) is 5.87. The van der Waals surface area contributed by atoms with Crippen LogP contribution in [0.15, 0.2) is 42.7 Å². The van der Waals surface area contributed by atoms with E-state index in [1.807, 2.05) is 25.3 Å². The van der Waals surface area contributed by atoms with Crippen molar-refractivity contribution in [3.05, 3.63) is 65.2 Å². The van der Waals surface area contributed by atoms with Gasteiger partial charge in [0.05, 0.1) is 0 Å². The highest BCUT2D eigenvalue weighted by atomic mass is 19.1. The fourth-order valence-electron chi connectivity index (χ4n) is 2.17. The summed E-state index contributed by atoms with van der Waals surface area (Å²) in [6.45, 7) is 1.96. The number of hydrogen-bond acceptors (Lipinski definition) is 3. The molecule has 3 nitrogen and oxygen atoms in total. The Balaban J connectivity index is 2.10. The smallest absolute Gasteiger partial charge is 0.123 e. The number of nitrogens with one attached hydrogen (secondary N) is 1. The van der Waals surface area contributed by atoms with Crippen molar-refractivity contribution in [2.24, 2.45) is 5.84 Å². The van der Waals surface area contributed by atoms with Crippen molar-refractivity contribution in [3.63, 3.8) is 0 Å². The summed E-state index contributed by atoms with van der Waals surface area (Å²) >= 11 is 0. The zero-order valence-corrected chi connectivity index (χ0v) is 10.9. The second kappa shape index (κ2) is 6.41. The summed E-state index contributed by atoms with van der Waals surface area (Å²) in [4.78, 5) is 4.08. The second-order valence-corrected chi connectivity index (χ2v) is 4.62. The Hall–Kier alpha value is -1.78. The lowest BCUT2D eigenvalue weighted by Gasteiger charge is -2.18. The lowest BCUT2D eigenvalue weighted by Crippen LogP contribution is -2.29. The van der Waals surface area contributed by atoms with Gasteiger partial charge in [0.1, 0.15) is 5.82 Å². The van der Waals surface area contributed by atoms with Crippen LogP contribution in [0.3, 0.4) is 0 Å². The first-order valence-electron chi connectivity index (χ1n) is 6.32. The molecule has 1 atom stereocenters. The van der Waals surface area contributed by atoms with Crippen LogP contribution < -0.4 is 11.3 Å². The number of hydrogen-bond donors (Lipinski definition) is 2. The van der Waals surface area contributed by atoms with Gasteiger partial charge in [-0.3, -0.25) is 16.3 Å². The fraction of sp³-hybridized carbons (Fsp3) is 0.267. The first-order chi connectivity index (χ1) is 9.20. The van der Waals surface area contributed by atoms with Gasteiger partial charge < -0.3 is 0 Å². The molecule has 1 aromatic heterocycles. The van der Waals surface area contributed by atoms with E-state index in [1.54, 1.807) is 18.3 Å². The molecule has 0 aliphatic carbocycles. The average Bonchev–Trinajstić information content (AvgIpc) is 2.44. The van der Waals surface area contributed by atoms with Crippen molar-refractivity contribution in [3.8, 4) is 0 Å². The maximum Gasteiger partial charge on any atom is 0.123 e. The van der Waals surface area contributed by atoms with Gasteiger partial charge in [-0.1, -0.05) is 12.1 Å². The summed E-state index contributed by atoms with van der Waals surface area (Å²) in [7, 11) is 0. The molecule has 0 spiro atoms. The van der Waals surface area contributed by atoms with E-state index in [1.165, 1.54) is 6.07 Å². The Morgan fingerprint density at radius 3 is 2.89 bits per heavy atom. The summed E-state index contributed by atoms with van der Waals surface area (Å²) < 4.78 is 13.3. The minimum atomic E-state index is -0.234. The molecular weight excluding hydrogens is 241 g/mol. The zero-order valence-electron chi connectivity index (χ0n) is 10.9. The molecule has 0 radical (unpaired) electrons. The summed E-state index contributed by atoms with van der Waals surface area (Å²) in [6, 6.07) is 8.67. The van der Waals surface area contributed by atoms with Crippen LogP contribution in [0.1, 0.15) is 29.2 Å². The van der Waals surface area contributed by atoms with Gasteiger partial charge in [0.2, 0.25) is 0 Å². The van der Waals surface area contributed by atoms with Gasteiger partial charge >= 0.3 is 0 Å². The minimum Gasteiger partial charge on any atom is -0.271 e. The number of rotatable bonds is 5. The molecule has 0 amide bonds. The molecule has 100 valence electrons. The molecule has 2 aromatic rings. The molecule has 0 saturated carbocycles. The standard InChI is InChI=1S/C15H18FN3/c1-11-4-6-13(16)9-14(11)15(19-17)7-5-12-3-2-8-18-10-12/h2-4,6,8-10,15,19H,5,7,17H2,1H3. The molecule has 0 aliphatic rings. The van der Waals surface area contributed by atoms with Crippen LogP contribution in [0.5, 0.6) is 0 Å². The van der Waals surface area contributed by atoms with Gasteiger partial charge in [-0.05, 0) is 54.7 Å². The van der Waals surface area contributed by atoms with Crippen LogP contribution in [0.25, 0.3) is 0 Å². The Kier molecular flexibility index (Phi) is 4.60. The van der Waals surface area contributed by atoms with Crippen molar-refractivity contribution in [2.75, 3.05) is 0 Å². The average molecular weight is 259 g/mol. The summed E-state index contributed by atoms with van der Waals surface area (Å²) in [5.74, 6) is 5.37. The van der Waals surface area contributed by atoms with Crippen LogP contribution in [-0.2, 0) is 6.42 Å². The van der Waals surface area contributed by atoms with E-state index in [-0.39, 0.29) is 11.9 Å². The van der Waals surface area contributed by atoms with Crippen molar-refractivity contribution >= 4 is 0 Å². The Morgan fingerprint density at radius 1 is 1.37 bits per heavy atom. The van der Waals surface area contributed by atoms with Crippen LogP contribution in [-0.4, -0.2) is 4.98 Å². The van der Waals surface area contributed by atoms with Crippen LogP contribution >= 0.6 is 0 Å². The van der Waals surface area contributed by atoms with E-state index in [2.05, 4.69) is 10.4 Å². The Morgan fingerprint density at radius 2 is 2.21 bits per heavy atom. The highest BCUT2D eigenvalue weighted by molar-refractivity contribution is 5.29. The molecule has 1 heterocycles. The first-order valence-corrected chi connectivity index (χ1v) is 6.32. The molecule has 3 N–H and O–H groups in total. The third-order valence-electron chi connectivity index (χ3n) is 3.26. The quantitative estimate of drug-likeness (QED) is 0.641. The van der Waals surface area contributed by atoms with Gasteiger partial charge in [0.25, 0.3) is 0 Å². The summed E-state index contributed by atoms with van der Waals surface area (Å²) in [6.07, 6.45) is 5.23. The number of aromatic nitrogens is 1. The lowest BCUT2D eigenvalue weighted by atomic mass is 9.96. The predicted molar refractivity (Wildman–Crippen MR) is 73.8 cm³/mol. The molecule has 0 saturated heterocycles. The SMILES string of the molecule is Cc1ccc(F)cc1C(CCc1cccnc1)NN. The summed E-state index contributed by atoms with van der Waals surface area (Å²) in [5, 5.41) is 0. The number of nitrogens with two attached hydrogens (primary N) is 1. The van der Waals surface area contributed by atoms with E-state index < -0.39 is 0 Å². The van der Waals surface area contributed by atoms with E-state index in [0.717, 1.165) is 29.5 Å². The molecule has 1 aromatic carbocycles. The van der Waals surface area contributed by atoms with Crippen LogP contribution in [0, 0.1) is 12.7 Å². The lowest BCUT2D eigenvalue weighted by molar-refractivity contribution is 0.509. The number of benzene rings is 1. The monoisotopic (exact) mass is 259 g/mol. The molecule has 2 rings (SSSR count). The van der Waals surface area contributed by atoms with Gasteiger partial charge in [-0.15, -0.1) is 0 Å². The number of pyridine rings is 1. The van der Waals surface area contributed by atoms with Crippen molar-refractivity contribution in [1.82, 2.24) is 10.4 Å². The molecule has 0 bridgehead atoms. The number of nitrogens with zero attached hydrogens (tertiary/aromatic N) is 1. The normalized spacial score (nSPS) is 12.4. The zero-order chi connectivity index (χ0) is 13.7. The number of halogens is 1. The van der Waals surface area contributed by atoms with Gasteiger partial charge in [0, 0.05) is 18.4 Å². The van der Waals surface area contributed by atoms with Gasteiger partial charge in [-0.2, -0.15) is 0 Å². The predicted octanol–water partition coefficient (Wildman–Crippen LogP) is 2.67. The van der Waals surface area contributed by atoms with Crippen molar-refractivity contribution in [1.29, 1.82) is 0 Å². The van der Waals surface area contributed by atoms with Crippen LogP contribution in [0.4, 0.5) is 4.39 Å². The highest BCUT2D eigenvalue weighted by Crippen LogP contribution is 2.22. The van der Waals surface area contributed by atoms with Gasteiger partial charge in [-0.25, -0.2) is 4.39 Å². The van der Waals surface area contributed by atoms with Crippen LogP contribution in [0.2, 0.25) is 0 Å². The molecule has 0 fully saturated rings. The third kappa shape index (κ3) is 3.59. The largest absolute Gasteiger partial charge is 0.271 e. The van der Waals surface area contributed by atoms with Crippen molar-refractivity contribution < 1.29 is 4.39 Å². The molecule has 4 heteroatoms. The molecule has 0 aliphatic heterocycles. The molecular formula is C15H18FN3. The number of aryl methyl sites for hydroxylation is 2. The highest BCUT2D eigenvalue weighted by Gasteiger charge is 2.13. The Labute approximate surface area is 112 Å². The molecule has 1 unspecified atom stereocenters. The maximum atomic E-state index is 13.3.